The van der Waals surface area contributed by atoms with Crippen molar-refractivity contribution < 1.29 is 9.53 Å². The number of hydrogen-bond donors (Lipinski definition) is 1. The topological polar surface area (TPSA) is 38.3 Å². The number of hydrogen-bond acceptors (Lipinski definition) is 3. The average molecular weight is 316 g/mol. The van der Waals surface area contributed by atoms with E-state index in [-0.39, 0.29) is 0 Å². The molecule has 0 atom stereocenters. The quantitative estimate of drug-likeness (QED) is 0.859. The van der Waals surface area contributed by atoms with E-state index < -0.39 is 11.6 Å². The minimum Gasteiger partial charge on any atom is -0.456 e. The van der Waals surface area contributed by atoms with Crippen LogP contribution in [0.25, 0.3) is 0 Å². The van der Waals surface area contributed by atoms with Gasteiger partial charge in [0.1, 0.15) is 5.60 Å². The van der Waals surface area contributed by atoms with Gasteiger partial charge in [-0.3, -0.25) is 0 Å². The summed E-state index contributed by atoms with van der Waals surface area (Å²) in [6.45, 7) is 5.86. The molecule has 1 heterocycles. The molecule has 1 N–H and O–H groups in total. The molecule has 1 aliphatic heterocycles. The van der Waals surface area contributed by atoms with Crippen molar-refractivity contribution in [2.75, 3.05) is 13.1 Å². The lowest BCUT2D eigenvalue weighted by Gasteiger charge is -2.36. The molecule has 0 aromatic heterocycles. The van der Waals surface area contributed by atoms with Crippen LogP contribution in [0.1, 0.15) is 37.0 Å². The van der Waals surface area contributed by atoms with Gasteiger partial charge in [0.05, 0.1) is 10.6 Å². The van der Waals surface area contributed by atoms with Gasteiger partial charge < -0.3 is 10.1 Å². The second kappa shape index (κ2) is 6.33. The molecule has 0 amide bonds. The van der Waals surface area contributed by atoms with Crippen molar-refractivity contribution in [1.82, 2.24) is 5.32 Å². The Morgan fingerprint density at radius 3 is 2.55 bits per heavy atom. The van der Waals surface area contributed by atoms with Gasteiger partial charge in [-0.05, 0) is 58.0 Å². The number of ether oxygens (including phenoxy) is 1. The highest BCUT2D eigenvalue weighted by atomic mass is 35.5. The van der Waals surface area contributed by atoms with Crippen LogP contribution in [0.4, 0.5) is 0 Å². The molecule has 0 aliphatic carbocycles. The largest absolute Gasteiger partial charge is 0.456 e. The second-order valence-electron chi connectivity index (χ2n) is 5.64. The highest BCUT2D eigenvalue weighted by Crippen LogP contribution is 2.31. The summed E-state index contributed by atoms with van der Waals surface area (Å²) in [4.78, 5) is 12.3. The summed E-state index contributed by atoms with van der Waals surface area (Å²) in [5, 5.41) is 4.14. The number of carbonyl (C=O) groups is 1. The zero-order chi connectivity index (χ0) is 14.8. The van der Waals surface area contributed by atoms with E-state index in [1.807, 2.05) is 13.8 Å². The standard InChI is InChI=1S/C15H19Cl2NO2/c1-15(2,10-5-7-18-8-6-10)20-14(19)12-4-3-11(16)9-13(12)17/h3-4,9-10,18H,5-8H2,1-2H3. The van der Waals surface area contributed by atoms with Crippen molar-refractivity contribution in [1.29, 1.82) is 0 Å². The predicted molar refractivity (Wildman–Crippen MR) is 81.6 cm³/mol. The Morgan fingerprint density at radius 1 is 1.30 bits per heavy atom. The van der Waals surface area contributed by atoms with E-state index in [0.29, 0.717) is 21.5 Å². The van der Waals surface area contributed by atoms with Crippen molar-refractivity contribution in [2.24, 2.45) is 5.92 Å². The summed E-state index contributed by atoms with van der Waals surface area (Å²) in [6.07, 6.45) is 2.02. The molecule has 1 saturated heterocycles. The molecule has 2 rings (SSSR count). The SMILES string of the molecule is CC(C)(OC(=O)c1ccc(Cl)cc1Cl)C1CCNCC1. The van der Waals surface area contributed by atoms with Crippen LogP contribution in [0.2, 0.25) is 10.0 Å². The van der Waals surface area contributed by atoms with Crippen LogP contribution in [0.15, 0.2) is 18.2 Å². The Labute approximate surface area is 129 Å². The summed E-state index contributed by atoms with van der Waals surface area (Å²) in [5.41, 5.74) is -0.139. The van der Waals surface area contributed by atoms with Crippen molar-refractivity contribution >= 4 is 29.2 Å². The molecule has 1 aromatic rings. The molecule has 0 unspecified atom stereocenters. The molecule has 0 spiro atoms. The Bertz CT molecular complexity index is 497. The minimum absolute atomic E-state index is 0.323. The van der Waals surface area contributed by atoms with E-state index in [1.165, 1.54) is 0 Å². The zero-order valence-electron chi connectivity index (χ0n) is 11.7. The monoisotopic (exact) mass is 315 g/mol. The molecule has 0 radical (unpaired) electrons. The first-order valence-corrected chi connectivity index (χ1v) is 7.55. The van der Waals surface area contributed by atoms with Crippen LogP contribution in [0, 0.1) is 5.92 Å². The smallest absolute Gasteiger partial charge is 0.340 e. The highest BCUT2D eigenvalue weighted by Gasteiger charge is 2.34. The van der Waals surface area contributed by atoms with Crippen molar-refractivity contribution in [3.8, 4) is 0 Å². The van der Waals surface area contributed by atoms with Gasteiger partial charge in [-0.2, -0.15) is 0 Å². The van der Waals surface area contributed by atoms with Gasteiger partial charge in [0.15, 0.2) is 0 Å². The molecule has 20 heavy (non-hydrogen) atoms. The summed E-state index contributed by atoms with van der Waals surface area (Å²) in [5.74, 6) is -0.0334. The summed E-state index contributed by atoms with van der Waals surface area (Å²) in [7, 11) is 0. The normalized spacial score (nSPS) is 17.0. The van der Waals surface area contributed by atoms with Crippen LogP contribution >= 0.6 is 23.2 Å². The first-order chi connectivity index (χ1) is 9.40. The fourth-order valence-electron chi connectivity index (χ4n) is 2.55. The van der Waals surface area contributed by atoms with Gasteiger partial charge in [-0.1, -0.05) is 23.2 Å². The number of rotatable bonds is 3. The van der Waals surface area contributed by atoms with E-state index >= 15 is 0 Å². The first-order valence-electron chi connectivity index (χ1n) is 6.79. The Morgan fingerprint density at radius 2 is 1.95 bits per heavy atom. The lowest BCUT2D eigenvalue weighted by molar-refractivity contribution is -0.0367. The summed E-state index contributed by atoms with van der Waals surface area (Å²) in [6, 6.07) is 4.80. The molecule has 1 fully saturated rings. The highest BCUT2D eigenvalue weighted by molar-refractivity contribution is 6.36. The third kappa shape index (κ3) is 3.66. The number of nitrogens with one attached hydrogen (secondary N) is 1. The summed E-state index contributed by atoms with van der Waals surface area (Å²) >= 11 is 11.9. The van der Waals surface area contributed by atoms with Crippen LogP contribution in [-0.2, 0) is 4.74 Å². The van der Waals surface area contributed by atoms with Crippen molar-refractivity contribution in [2.45, 2.75) is 32.3 Å². The van der Waals surface area contributed by atoms with E-state index in [1.54, 1.807) is 18.2 Å². The van der Waals surface area contributed by atoms with Gasteiger partial charge >= 0.3 is 5.97 Å². The van der Waals surface area contributed by atoms with Gasteiger partial charge in [0.25, 0.3) is 0 Å². The predicted octanol–water partition coefficient (Wildman–Crippen LogP) is 3.93. The Balaban J connectivity index is 2.09. The van der Waals surface area contributed by atoms with E-state index in [4.69, 9.17) is 27.9 Å². The van der Waals surface area contributed by atoms with Crippen LogP contribution in [-0.4, -0.2) is 24.7 Å². The van der Waals surface area contributed by atoms with Crippen LogP contribution in [0.3, 0.4) is 0 Å². The van der Waals surface area contributed by atoms with Crippen molar-refractivity contribution in [3.05, 3.63) is 33.8 Å². The maximum Gasteiger partial charge on any atom is 0.340 e. The molecular weight excluding hydrogens is 297 g/mol. The molecule has 0 bridgehead atoms. The first kappa shape index (κ1) is 15.6. The van der Waals surface area contributed by atoms with Crippen LogP contribution in [0.5, 0.6) is 0 Å². The number of halogens is 2. The van der Waals surface area contributed by atoms with Gasteiger partial charge in [0, 0.05) is 10.9 Å². The lowest BCUT2D eigenvalue weighted by Crippen LogP contribution is -2.42. The van der Waals surface area contributed by atoms with Gasteiger partial charge in [-0.25, -0.2) is 4.79 Å². The number of benzene rings is 1. The van der Waals surface area contributed by atoms with Crippen molar-refractivity contribution in [3.63, 3.8) is 0 Å². The molecule has 1 aromatic carbocycles. The second-order valence-corrected chi connectivity index (χ2v) is 6.49. The molecule has 1 aliphatic rings. The maximum absolute atomic E-state index is 12.3. The van der Waals surface area contributed by atoms with E-state index in [0.717, 1.165) is 25.9 Å². The summed E-state index contributed by atoms with van der Waals surface area (Å²) < 4.78 is 5.69. The Hall–Kier alpha value is -0.770. The zero-order valence-corrected chi connectivity index (χ0v) is 13.2. The van der Waals surface area contributed by atoms with Gasteiger partial charge in [0.2, 0.25) is 0 Å². The third-order valence-electron chi connectivity index (χ3n) is 3.83. The maximum atomic E-state index is 12.3. The van der Waals surface area contributed by atoms with Crippen LogP contribution < -0.4 is 5.32 Å². The average Bonchev–Trinajstić information content (AvgIpc) is 2.39. The molecule has 5 heteroatoms. The third-order valence-corrected chi connectivity index (χ3v) is 4.38. The fraction of sp³-hybridized carbons (Fsp3) is 0.533. The number of esters is 1. The van der Waals surface area contributed by atoms with E-state index in [9.17, 15) is 4.79 Å². The minimum atomic E-state index is -0.498. The number of carbonyl (C=O) groups excluding carboxylic acids is 1. The molecule has 3 nitrogen and oxygen atoms in total. The Kier molecular flexibility index (Phi) is 4.95. The lowest BCUT2D eigenvalue weighted by atomic mass is 9.83. The van der Waals surface area contributed by atoms with Gasteiger partial charge in [-0.15, -0.1) is 0 Å². The molecular formula is C15H19Cl2NO2. The molecule has 0 saturated carbocycles. The van der Waals surface area contributed by atoms with E-state index in [2.05, 4.69) is 5.32 Å². The number of piperidine rings is 1. The molecule has 110 valence electrons. The fourth-order valence-corrected chi connectivity index (χ4v) is 3.04.